The molecule has 0 saturated heterocycles. The number of carbonyl (C=O) groups is 2. The number of hydrogen-bond donors (Lipinski definition) is 3. The third kappa shape index (κ3) is 6.25. The van der Waals surface area contributed by atoms with Gasteiger partial charge in [0.25, 0.3) is 11.8 Å². The highest BCUT2D eigenvalue weighted by molar-refractivity contribution is 6.30. The third-order valence-corrected chi connectivity index (χ3v) is 3.83. The molecule has 2 amide bonds. The average Bonchev–Trinajstić information content (AvgIpc) is 2.68. The first-order valence-electron chi connectivity index (χ1n) is 8.27. The van der Waals surface area contributed by atoms with E-state index >= 15 is 0 Å². The fraction of sp³-hybridized carbons (Fsp3) is 0.263. The Morgan fingerprint density at radius 1 is 1.07 bits per heavy atom. The number of nitrogens with one attached hydrogen (secondary N) is 2. The van der Waals surface area contributed by atoms with E-state index in [1.165, 1.54) is 13.2 Å². The van der Waals surface area contributed by atoms with Gasteiger partial charge in [-0.3, -0.25) is 9.59 Å². The maximum Gasteiger partial charge on any atom is 0.259 e. The van der Waals surface area contributed by atoms with Crippen LogP contribution in [0.15, 0.2) is 42.5 Å². The number of anilines is 1. The fourth-order valence-corrected chi connectivity index (χ4v) is 2.39. The Morgan fingerprint density at radius 2 is 1.81 bits per heavy atom. The second-order valence-corrected chi connectivity index (χ2v) is 5.90. The molecule has 0 unspecified atom stereocenters. The Bertz CT molecular complexity index is 780. The van der Waals surface area contributed by atoms with Crippen LogP contribution in [-0.2, 0) is 4.74 Å². The number of rotatable bonds is 9. The summed E-state index contributed by atoms with van der Waals surface area (Å²) in [6, 6.07) is 11.3. The zero-order valence-corrected chi connectivity index (χ0v) is 15.6. The first kappa shape index (κ1) is 20.7. The molecule has 7 nitrogen and oxygen atoms in total. The van der Waals surface area contributed by atoms with Gasteiger partial charge in [-0.2, -0.15) is 0 Å². The van der Waals surface area contributed by atoms with Gasteiger partial charge < -0.3 is 25.2 Å². The molecular formula is C19H21ClN2O5. The average molecular weight is 393 g/mol. The summed E-state index contributed by atoms with van der Waals surface area (Å²) < 4.78 is 10.3. The first-order valence-corrected chi connectivity index (χ1v) is 8.64. The van der Waals surface area contributed by atoms with Crippen LogP contribution >= 0.6 is 11.6 Å². The molecule has 0 fully saturated rings. The molecule has 0 bridgehead atoms. The summed E-state index contributed by atoms with van der Waals surface area (Å²) in [7, 11) is 1.45. The second kappa shape index (κ2) is 10.5. The summed E-state index contributed by atoms with van der Waals surface area (Å²) in [6.45, 7) is 0.718. The molecule has 27 heavy (non-hydrogen) atoms. The molecule has 2 aromatic carbocycles. The van der Waals surface area contributed by atoms with Gasteiger partial charge in [0, 0.05) is 22.8 Å². The standard InChI is InChI=1S/C19H21ClN2O5/c1-26-17-7-2-13(18(24)21-8-10-27-11-9-23)12-16(17)19(25)22-15-5-3-14(20)4-6-15/h2-7,12,23H,8-11H2,1H3,(H,21,24)(H,22,25). The van der Waals surface area contributed by atoms with Crippen LogP contribution in [-0.4, -0.2) is 50.4 Å². The highest BCUT2D eigenvalue weighted by Gasteiger charge is 2.16. The van der Waals surface area contributed by atoms with Crippen LogP contribution in [0.1, 0.15) is 20.7 Å². The number of hydrogen-bond acceptors (Lipinski definition) is 5. The van der Waals surface area contributed by atoms with Crippen molar-refractivity contribution in [2.45, 2.75) is 0 Å². The molecular weight excluding hydrogens is 372 g/mol. The second-order valence-electron chi connectivity index (χ2n) is 5.47. The minimum atomic E-state index is -0.407. The lowest BCUT2D eigenvalue weighted by Crippen LogP contribution is -2.28. The van der Waals surface area contributed by atoms with Gasteiger partial charge in [0.1, 0.15) is 5.75 Å². The Labute approximate surface area is 162 Å². The third-order valence-electron chi connectivity index (χ3n) is 3.58. The topological polar surface area (TPSA) is 96.9 Å². The van der Waals surface area contributed by atoms with Crippen molar-refractivity contribution in [2.75, 3.05) is 38.8 Å². The van der Waals surface area contributed by atoms with E-state index in [1.54, 1.807) is 36.4 Å². The molecule has 0 heterocycles. The predicted octanol–water partition coefficient (Wildman–Crippen LogP) is 2.34. The van der Waals surface area contributed by atoms with Crippen molar-refractivity contribution in [3.8, 4) is 5.75 Å². The Hall–Kier alpha value is -2.61. The van der Waals surface area contributed by atoms with Crippen molar-refractivity contribution in [2.24, 2.45) is 0 Å². The molecule has 0 spiro atoms. The van der Waals surface area contributed by atoms with Crippen molar-refractivity contribution in [3.05, 3.63) is 58.6 Å². The predicted molar refractivity (Wildman–Crippen MR) is 103 cm³/mol. The van der Waals surface area contributed by atoms with Crippen LogP contribution in [0.2, 0.25) is 5.02 Å². The summed E-state index contributed by atoms with van der Waals surface area (Å²) >= 11 is 5.84. The molecule has 0 radical (unpaired) electrons. The van der Waals surface area contributed by atoms with Gasteiger partial charge in [-0.25, -0.2) is 0 Å². The number of benzene rings is 2. The molecule has 0 aliphatic heterocycles. The maximum atomic E-state index is 12.6. The van der Waals surface area contributed by atoms with Crippen LogP contribution in [0.4, 0.5) is 5.69 Å². The molecule has 2 rings (SSSR count). The lowest BCUT2D eigenvalue weighted by atomic mass is 10.1. The van der Waals surface area contributed by atoms with Crippen molar-refractivity contribution in [1.82, 2.24) is 5.32 Å². The number of carbonyl (C=O) groups excluding carboxylic acids is 2. The van der Waals surface area contributed by atoms with Gasteiger partial charge in [0.05, 0.1) is 32.5 Å². The summed E-state index contributed by atoms with van der Waals surface area (Å²) in [5.41, 5.74) is 1.12. The molecule has 0 aliphatic carbocycles. The molecule has 2 aromatic rings. The quantitative estimate of drug-likeness (QED) is 0.569. The summed E-state index contributed by atoms with van der Waals surface area (Å²) in [4.78, 5) is 24.8. The van der Waals surface area contributed by atoms with Gasteiger partial charge in [-0.1, -0.05) is 11.6 Å². The summed E-state index contributed by atoms with van der Waals surface area (Å²) in [5, 5.41) is 14.6. The van der Waals surface area contributed by atoms with E-state index in [0.717, 1.165) is 0 Å². The van der Waals surface area contributed by atoms with Crippen molar-refractivity contribution in [1.29, 1.82) is 0 Å². The van der Waals surface area contributed by atoms with E-state index in [9.17, 15) is 9.59 Å². The highest BCUT2D eigenvalue weighted by atomic mass is 35.5. The van der Waals surface area contributed by atoms with E-state index in [4.69, 9.17) is 26.2 Å². The number of ether oxygens (including phenoxy) is 2. The first-order chi connectivity index (χ1) is 13.0. The normalized spacial score (nSPS) is 10.3. The molecule has 144 valence electrons. The van der Waals surface area contributed by atoms with Crippen LogP contribution in [0.3, 0.4) is 0 Å². The van der Waals surface area contributed by atoms with E-state index in [0.29, 0.717) is 22.0 Å². The smallest absolute Gasteiger partial charge is 0.259 e. The minimum Gasteiger partial charge on any atom is -0.496 e. The van der Waals surface area contributed by atoms with E-state index in [1.807, 2.05) is 0 Å². The van der Waals surface area contributed by atoms with Crippen LogP contribution in [0.25, 0.3) is 0 Å². The van der Waals surface area contributed by atoms with Crippen molar-refractivity contribution < 1.29 is 24.2 Å². The maximum absolute atomic E-state index is 12.6. The van der Waals surface area contributed by atoms with Crippen molar-refractivity contribution >= 4 is 29.1 Å². The molecule has 0 aliphatic rings. The lowest BCUT2D eigenvalue weighted by molar-refractivity contribution is 0.0838. The molecule has 0 aromatic heterocycles. The molecule has 8 heteroatoms. The largest absolute Gasteiger partial charge is 0.496 e. The molecule has 0 atom stereocenters. The number of aliphatic hydroxyl groups excluding tert-OH is 1. The Morgan fingerprint density at radius 3 is 2.48 bits per heavy atom. The van der Waals surface area contributed by atoms with Crippen LogP contribution in [0, 0.1) is 0 Å². The molecule has 3 N–H and O–H groups in total. The fourth-order valence-electron chi connectivity index (χ4n) is 2.26. The zero-order valence-electron chi connectivity index (χ0n) is 14.8. The van der Waals surface area contributed by atoms with E-state index in [-0.39, 0.29) is 37.8 Å². The van der Waals surface area contributed by atoms with E-state index in [2.05, 4.69) is 10.6 Å². The van der Waals surface area contributed by atoms with Gasteiger partial charge in [-0.15, -0.1) is 0 Å². The Kier molecular flexibility index (Phi) is 8.06. The van der Waals surface area contributed by atoms with Gasteiger partial charge in [0.15, 0.2) is 0 Å². The van der Waals surface area contributed by atoms with Gasteiger partial charge >= 0.3 is 0 Å². The van der Waals surface area contributed by atoms with Crippen LogP contribution < -0.4 is 15.4 Å². The SMILES string of the molecule is COc1ccc(C(=O)NCCOCCO)cc1C(=O)Nc1ccc(Cl)cc1. The van der Waals surface area contributed by atoms with Crippen LogP contribution in [0.5, 0.6) is 5.75 Å². The zero-order chi connectivity index (χ0) is 19.6. The Balaban J connectivity index is 2.08. The molecule has 0 saturated carbocycles. The lowest BCUT2D eigenvalue weighted by Gasteiger charge is -2.12. The highest BCUT2D eigenvalue weighted by Crippen LogP contribution is 2.22. The summed E-state index contributed by atoms with van der Waals surface area (Å²) in [6.07, 6.45) is 0. The summed E-state index contributed by atoms with van der Waals surface area (Å²) in [5.74, 6) is -0.398. The monoisotopic (exact) mass is 392 g/mol. The number of methoxy groups -OCH3 is 1. The van der Waals surface area contributed by atoms with Gasteiger partial charge in [-0.05, 0) is 42.5 Å². The minimum absolute atomic E-state index is 0.0709. The number of halogens is 1. The van der Waals surface area contributed by atoms with Crippen molar-refractivity contribution in [3.63, 3.8) is 0 Å². The number of amides is 2. The van der Waals surface area contributed by atoms with E-state index < -0.39 is 5.91 Å². The number of aliphatic hydroxyl groups is 1. The van der Waals surface area contributed by atoms with Gasteiger partial charge in [0.2, 0.25) is 0 Å².